The van der Waals surface area contributed by atoms with E-state index in [4.69, 9.17) is 14.6 Å². The van der Waals surface area contributed by atoms with Crippen LogP contribution < -0.4 is 10.6 Å². The van der Waals surface area contributed by atoms with Gasteiger partial charge in [0.1, 0.15) is 6.10 Å². The van der Waals surface area contributed by atoms with Crippen molar-refractivity contribution in [2.24, 2.45) is 11.8 Å². The van der Waals surface area contributed by atoms with Crippen molar-refractivity contribution < 1.29 is 29.0 Å². The van der Waals surface area contributed by atoms with E-state index in [0.29, 0.717) is 32.0 Å². The lowest BCUT2D eigenvalue weighted by Gasteiger charge is -2.29. The van der Waals surface area contributed by atoms with E-state index < -0.39 is 0 Å². The van der Waals surface area contributed by atoms with Crippen molar-refractivity contribution in [3.63, 3.8) is 0 Å². The Kier molecular flexibility index (Phi) is 57.7. The lowest BCUT2D eigenvalue weighted by Crippen LogP contribution is -2.40. The number of amides is 2. The Hall–Kier alpha value is 6.27. The van der Waals surface area contributed by atoms with Crippen LogP contribution in [0.3, 0.4) is 0 Å². The first kappa shape index (κ1) is 80.3. The minimum atomic E-state index is -0.263. The first-order valence-corrected chi connectivity index (χ1v) is 61.0. The van der Waals surface area contributed by atoms with Crippen molar-refractivity contribution in [1.82, 2.24) is 10.6 Å². The molecule has 30 heteroatoms. The number of rotatable bonds is 24. The molecule has 72 heavy (non-hydrogen) atoms. The van der Waals surface area contributed by atoms with Gasteiger partial charge in [-0.05, 0) is 136 Å². The molecule has 0 aliphatic carbocycles. The van der Waals surface area contributed by atoms with Gasteiger partial charge in [-0.15, -0.1) is 107 Å². The summed E-state index contributed by atoms with van der Waals surface area (Å²) in [6.45, 7) is 14.5. The van der Waals surface area contributed by atoms with Gasteiger partial charge in [0.15, 0.2) is 0 Å². The Morgan fingerprint density at radius 1 is 0.861 bits per heavy atom. The largest absolute Gasteiger partial charge is 0.458 e. The van der Waals surface area contributed by atoms with Crippen molar-refractivity contribution in [2.75, 3.05) is 13.2 Å². The SMILES string of the molecule is CC(=O)OC1/C=C/[C@H](C)C(/C(C)=C/COCc2ccccc2)NC(=O)CCCCC1.CC/C=C(\C)C(NC(=O)CCCCCCO)[C@@H](C)/C=C/I.PP(P)P(P(P)P)P(P)P.PPP(P)P(P(P)P)P(P)P. The molecular formula is C42H90IN2O6P21. The molecule has 0 saturated carbocycles. The number of aliphatic hydroxyl groups is 1. The predicted molar refractivity (Wildman–Crippen MR) is 397 cm³/mol. The van der Waals surface area contributed by atoms with Gasteiger partial charge in [0, 0.05) is 26.4 Å². The molecule has 2 amide bonds. The van der Waals surface area contributed by atoms with Crippen LogP contribution in [0.2, 0.25) is 0 Å². The molecule has 0 fully saturated rings. The van der Waals surface area contributed by atoms with Gasteiger partial charge in [-0.2, -0.15) is 0 Å². The van der Waals surface area contributed by atoms with Crippen molar-refractivity contribution in [3.05, 3.63) is 81.5 Å². The highest BCUT2D eigenvalue weighted by atomic mass is 127. The van der Waals surface area contributed by atoms with Gasteiger partial charge in [0.2, 0.25) is 11.8 Å². The smallest absolute Gasteiger partial charge is 0.303 e. The number of nitrogens with one attached hydrogen (secondary N) is 2. The molecule has 0 saturated heterocycles. The summed E-state index contributed by atoms with van der Waals surface area (Å²) >= 11 is 2.22. The number of aliphatic hydroxyl groups excluding tert-OH is 1. The third-order valence-corrected chi connectivity index (χ3v) is 119. The maximum atomic E-state index is 12.4. The average molecular weight is 1500 g/mol. The van der Waals surface area contributed by atoms with Crippen LogP contribution in [0.15, 0.2) is 75.9 Å². The molecule has 0 bridgehead atoms. The number of hydrogen-bond donors (Lipinski definition) is 3. The molecule has 0 spiro atoms. The average Bonchev–Trinajstić information content (AvgIpc) is 3.30. The zero-order chi connectivity index (χ0) is 55.2. The summed E-state index contributed by atoms with van der Waals surface area (Å²) in [5.41, 5.74) is 3.43. The van der Waals surface area contributed by atoms with E-state index in [-0.39, 0.29) is 104 Å². The second kappa shape index (κ2) is 51.7. The second-order valence-corrected chi connectivity index (χ2v) is 92.8. The van der Waals surface area contributed by atoms with Gasteiger partial charge in [0.25, 0.3) is 0 Å². The molecule has 416 valence electrons. The number of hydrogen-bond acceptors (Lipinski definition) is 6. The Morgan fingerprint density at radius 2 is 1.44 bits per heavy atom. The third kappa shape index (κ3) is 42.1. The summed E-state index contributed by atoms with van der Waals surface area (Å²) in [6, 6.07) is 10.0. The van der Waals surface area contributed by atoms with Crippen LogP contribution in [-0.2, 0) is 30.5 Å². The van der Waals surface area contributed by atoms with Crippen LogP contribution in [0.5, 0.6) is 0 Å². The predicted octanol–water partition coefficient (Wildman–Crippen LogP) is 20.5. The zero-order valence-electron chi connectivity index (χ0n) is 43.0. The fourth-order valence-corrected chi connectivity index (χ4v) is 189. The lowest BCUT2D eigenvalue weighted by molar-refractivity contribution is -0.144. The van der Waals surface area contributed by atoms with E-state index in [2.05, 4.69) is 180 Å². The minimum absolute atomic E-state index is 0.0665. The zero-order valence-corrected chi connectivity index (χ0v) is 67.2. The topological polar surface area (TPSA) is 114 Å². The number of unbranched alkanes of at least 4 members (excludes halogenated alkanes) is 3. The lowest BCUT2D eigenvalue weighted by atomic mass is 9.93. The maximum Gasteiger partial charge on any atom is 0.303 e. The highest BCUT2D eigenvalue weighted by Gasteiger charge is 2.24. The number of carbonyl (C=O) groups is 3. The van der Waals surface area contributed by atoms with Crippen LogP contribution >= 0.6 is 194 Å². The quantitative estimate of drug-likeness (QED) is 0.0312. The number of allylic oxidation sites excluding steroid dienone is 1. The molecule has 17 unspecified atom stereocenters. The van der Waals surface area contributed by atoms with Crippen LogP contribution in [0.25, 0.3) is 0 Å². The highest BCUT2D eigenvalue weighted by Crippen LogP contribution is 3.13. The van der Waals surface area contributed by atoms with Crippen molar-refractivity contribution in [2.45, 2.75) is 137 Å². The van der Waals surface area contributed by atoms with Gasteiger partial charge >= 0.3 is 5.97 Å². The molecule has 1 heterocycles. The number of carbonyl (C=O) groups excluding carboxylic acids is 3. The van der Waals surface area contributed by atoms with E-state index in [1.807, 2.05) is 59.6 Å². The summed E-state index contributed by atoms with van der Waals surface area (Å²) in [7, 11) is 36.6. The van der Waals surface area contributed by atoms with Gasteiger partial charge in [0.05, 0.1) is 25.3 Å². The molecule has 1 aliphatic rings. The summed E-state index contributed by atoms with van der Waals surface area (Å²) in [5.74, 6) is 0.303. The Labute approximate surface area is 490 Å². The fourth-order valence-electron chi connectivity index (χ4n) is 6.68. The Bertz CT molecular complexity index is 1680. The number of benzene rings is 1. The fraction of sp³-hybridized carbons (Fsp3) is 0.595. The van der Waals surface area contributed by atoms with Crippen molar-refractivity contribution >= 4 is 211 Å². The molecule has 0 radical (unpaired) electrons. The van der Waals surface area contributed by atoms with Crippen molar-refractivity contribution in [1.29, 1.82) is 0 Å². The monoisotopic (exact) mass is 1500 g/mol. The van der Waals surface area contributed by atoms with E-state index >= 15 is 0 Å². The minimum Gasteiger partial charge on any atom is -0.458 e. The van der Waals surface area contributed by atoms with Crippen LogP contribution in [0.1, 0.15) is 118 Å². The van der Waals surface area contributed by atoms with Gasteiger partial charge in [-0.3, -0.25) is 14.4 Å². The molecule has 3 N–H and O–H groups in total. The standard InChI is InChI=1S/C25H35NO4.C17H30INO2.H13P11.H12P10/c1-19-14-15-23(30-21(3)27)12-8-5-9-13-24(28)26-25(19)20(2)16-17-29-18-22-10-6-4-7-11-22;1-4-9-14(2)17(15(3)11-12-18)19-16(21)10-7-5-6-8-13-20;1-7-10(6)11(8(2)3)9(4)5;1-7(2)10(8(3)4)9(5)6/h4,6-7,10-11,14-16,19,23,25H,5,8-9,12-13,17-18H2,1-3H3,(H,26,28);9,11-12,15,17,20H,4-8,10,13H2,1-3H3,(H,19,21);7H,1-6H2;1-6H2/b15-14+,20-16+;12-11+,14-9+;;/t19-,23?,25?;15-,17?;;/m00../s1. The Morgan fingerprint density at radius 3 is 1.93 bits per heavy atom. The number of ether oxygens (including phenoxy) is 2. The van der Waals surface area contributed by atoms with E-state index in [9.17, 15) is 14.4 Å². The normalized spacial score (nSPS) is 19.0. The molecule has 8 nitrogen and oxygen atoms in total. The first-order chi connectivity index (χ1) is 34.0. The summed E-state index contributed by atoms with van der Waals surface area (Å²) in [6.07, 6.45) is 19.5. The summed E-state index contributed by atoms with van der Waals surface area (Å²) in [4.78, 5) is 35.9. The van der Waals surface area contributed by atoms with E-state index in [1.54, 1.807) is 0 Å². The Balaban J connectivity index is 0. The van der Waals surface area contributed by atoms with Crippen LogP contribution in [0.4, 0.5) is 0 Å². The highest BCUT2D eigenvalue weighted by molar-refractivity contribution is 14.1. The van der Waals surface area contributed by atoms with E-state index in [0.717, 1.165) is 76.9 Å². The molecule has 2 rings (SSSR count). The van der Waals surface area contributed by atoms with Crippen molar-refractivity contribution in [3.8, 4) is 0 Å². The van der Waals surface area contributed by atoms with Crippen LogP contribution in [0, 0.1) is 11.8 Å². The summed E-state index contributed by atoms with van der Waals surface area (Å²) in [5, 5.41) is 15.1. The van der Waals surface area contributed by atoms with Gasteiger partial charge in [-0.25, -0.2) is 0 Å². The molecule has 1 aliphatic heterocycles. The molecular weight excluding hydrogens is 1410 g/mol. The summed E-state index contributed by atoms with van der Waals surface area (Å²) < 4.78 is 13.2. The van der Waals surface area contributed by atoms with Gasteiger partial charge in [-0.1, -0.05) is 136 Å². The van der Waals surface area contributed by atoms with Crippen LogP contribution in [-0.4, -0.2) is 54.3 Å². The second-order valence-electron chi connectivity index (χ2n) is 16.4. The number of esters is 1. The molecule has 19 atom stereocenters. The first-order valence-electron chi connectivity index (χ1n) is 23.3. The maximum absolute atomic E-state index is 12.4. The number of halogens is 1. The third-order valence-electron chi connectivity index (χ3n) is 10.2. The molecule has 1 aromatic carbocycles. The molecule has 0 aromatic heterocycles. The van der Waals surface area contributed by atoms with Gasteiger partial charge < -0.3 is 25.2 Å². The van der Waals surface area contributed by atoms with E-state index in [1.165, 1.54) is 12.5 Å². The molecule has 1 aromatic rings.